The van der Waals surface area contributed by atoms with Crippen molar-refractivity contribution in [1.82, 2.24) is 9.55 Å². The lowest BCUT2D eigenvalue weighted by atomic mass is 10.2. The van der Waals surface area contributed by atoms with Gasteiger partial charge in [-0.1, -0.05) is 6.07 Å². The van der Waals surface area contributed by atoms with Crippen LogP contribution in [0.3, 0.4) is 0 Å². The number of alkyl halides is 3. The standard InChI is InChI=1S/C12H7F3N2OS/c13-12(14,15)7-3-1-4-8-10(7)17(11(18)16-8)9-5-2-6-19-9/h1-6H,(H,16,18). The van der Waals surface area contributed by atoms with E-state index in [1.165, 1.54) is 23.5 Å². The van der Waals surface area contributed by atoms with Gasteiger partial charge >= 0.3 is 11.9 Å². The van der Waals surface area contributed by atoms with Gasteiger partial charge in [0, 0.05) is 0 Å². The van der Waals surface area contributed by atoms with Crippen LogP contribution in [0.15, 0.2) is 40.5 Å². The fourth-order valence-corrected chi connectivity index (χ4v) is 2.73. The van der Waals surface area contributed by atoms with E-state index >= 15 is 0 Å². The Balaban J connectivity index is 2.46. The predicted molar refractivity (Wildman–Crippen MR) is 66.8 cm³/mol. The smallest absolute Gasteiger partial charge is 0.305 e. The van der Waals surface area contributed by atoms with E-state index in [4.69, 9.17) is 0 Å². The Morgan fingerprint density at radius 2 is 1.95 bits per heavy atom. The fourth-order valence-electron chi connectivity index (χ4n) is 1.99. The van der Waals surface area contributed by atoms with Gasteiger partial charge in [-0.2, -0.15) is 13.2 Å². The second kappa shape index (κ2) is 3.99. The SMILES string of the molecule is O=c1[nH]c2cccc(C(F)(F)F)c2n1-c1cccs1. The highest BCUT2D eigenvalue weighted by atomic mass is 32.1. The first-order chi connectivity index (χ1) is 8.98. The molecule has 2 heterocycles. The number of aromatic nitrogens is 2. The third kappa shape index (κ3) is 1.86. The van der Waals surface area contributed by atoms with Crippen molar-refractivity contribution in [2.75, 3.05) is 0 Å². The molecule has 3 nitrogen and oxygen atoms in total. The van der Waals surface area contributed by atoms with E-state index in [9.17, 15) is 18.0 Å². The lowest BCUT2D eigenvalue weighted by Gasteiger charge is -2.09. The molecule has 0 unspecified atom stereocenters. The number of imidazole rings is 1. The van der Waals surface area contributed by atoms with Crippen LogP contribution in [0, 0.1) is 0 Å². The molecule has 19 heavy (non-hydrogen) atoms. The Morgan fingerprint density at radius 1 is 1.16 bits per heavy atom. The van der Waals surface area contributed by atoms with Gasteiger partial charge in [-0.05, 0) is 29.6 Å². The van der Waals surface area contributed by atoms with Crippen LogP contribution in [0.25, 0.3) is 16.0 Å². The number of nitrogens with zero attached hydrogens (tertiary/aromatic N) is 1. The van der Waals surface area contributed by atoms with E-state index in [1.807, 2.05) is 0 Å². The molecule has 0 radical (unpaired) electrons. The molecule has 0 aliphatic carbocycles. The Morgan fingerprint density at radius 3 is 2.58 bits per heavy atom. The number of para-hydroxylation sites is 1. The van der Waals surface area contributed by atoms with Crippen LogP contribution in [0.1, 0.15) is 5.56 Å². The number of nitrogens with one attached hydrogen (secondary N) is 1. The van der Waals surface area contributed by atoms with Crippen molar-refractivity contribution in [2.45, 2.75) is 6.18 Å². The van der Waals surface area contributed by atoms with Gasteiger partial charge in [0.2, 0.25) is 0 Å². The van der Waals surface area contributed by atoms with E-state index in [0.717, 1.165) is 10.6 Å². The van der Waals surface area contributed by atoms with Crippen LogP contribution in [-0.4, -0.2) is 9.55 Å². The normalized spacial score (nSPS) is 12.2. The number of halogens is 3. The molecule has 0 atom stereocenters. The molecule has 2 aromatic heterocycles. The molecule has 98 valence electrons. The number of fused-ring (bicyclic) bond motifs is 1. The van der Waals surface area contributed by atoms with E-state index in [-0.39, 0.29) is 11.0 Å². The first kappa shape index (κ1) is 12.0. The van der Waals surface area contributed by atoms with Gasteiger partial charge in [-0.15, -0.1) is 11.3 Å². The van der Waals surface area contributed by atoms with Crippen LogP contribution in [0.5, 0.6) is 0 Å². The Bertz CT molecular complexity index is 784. The third-order valence-corrected chi connectivity index (χ3v) is 3.59. The summed E-state index contributed by atoms with van der Waals surface area (Å²) in [5.41, 5.74) is -1.36. The van der Waals surface area contributed by atoms with Crippen molar-refractivity contribution < 1.29 is 13.2 Å². The number of hydrogen-bond acceptors (Lipinski definition) is 2. The largest absolute Gasteiger partial charge is 0.418 e. The van der Waals surface area contributed by atoms with Crippen molar-refractivity contribution in [3.8, 4) is 5.00 Å². The van der Waals surface area contributed by atoms with Crippen LogP contribution in [0.4, 0.5) is 13.2 Å². The summed E-state index contributed by atoms with van der Waals surface area (Å²) in [6, 6.07) is 6.99. The topological polar surface area (TPSA) is 37.8 Å². The average Bonchev–Trinajstić information content (AvgIpc) is 2.92. The molecule has 0 aliphatic rings. The molecule has 0 fully saturated rings. The van der Waals surface area contributed by atoms with Crippen LogP contribution in [0.2, 0.25) is 0 Å². The lowest BCUT2D eigenvalue weighted by molar-refractivity contribution is -0.136. The van der Waals surface area contributed by atoms with E-state index in [2.05, 4.69) is 4.98 Å². The lowest BCUT2D eigenvalue weighted by Crippen LogP contribution is -2.15. The zero-order valence-corrected chi connectivity index (χ0v) is 10.2. The monoisotopic (exact) mass is 284 g/mol. The van der Waals surface area contributed by atoms with Gasteiger partial charge in [0.05, 0.1) is 16.6 Å². The highest BCUT2D eigenvalue weighted by Crippen LogP contribution is 2.35. The van der Waals surface area contributed by atoms with Crippen molar-refractivity contribution in [3.05, 3.63) is 51.8 Å². The molecule has 0 aliphatic heterocycles. The summed E-state index contributed by atoms with van der Waals surface area (Å²) < 4.78 is 40.1. The van der Waals surface area contributed by atoms with Gasteiger partial charge < -0.3 is 4.98 Å². The van der Waals surface area contributed by atoms with E-state index in [1.54, 1.807) is 17.5 Å². The number of hydrogen-bond donors (Lipinski definition) is 1. The first-order valence-electron chi connectivity index (χ1n) is 5.33. The summed E-state index contributed by atoms with van der Waals surface area (Å²) in [6.07, 6.45) is -4.51. The number of aromatic amines is 1. The maximum Gasteiger partial charge on any atom is 0.418 e. The Kier molecular flexibility index (Phi) is 2.53. The number of rotatable bonds is 1. The summed E-state index contributed by atoms with van der Waals surface area (Å²) in [7, 11) is 0. The van der Waals surface area contributed by atoms with Gasteiger partial charge in [0.25, 0.3) is 0 Å². The minimum absolute atomic E-state index is 0.137. The highest BCUT2D eigenvalue weighted by molar-refractivity contribution is 7.12. The summed E-state index contributed by atoms with van der Waals surface area (Å²) in [5, 5.41) is 2.16. The second-order valence-electron chi connectivity index (χ2n) is 3.92. The zero-order valence-electron chi connectivity index (χ0n) is 9.36. The van der Waals surface area contributed by atoms with Gasteiger partial charge in [-0.25, -0.2) is 4.79 Å². The minimum Gasteiger partial charge on any atom is -0.305 e. The molecule has 1 N–H and O–H groups in total. The molecule has 0 amide bonds. The van der Waals surface area contributed by atoms with Crippen molar-refractivity contribution in [1.29, 1.82) is 0 Å². The van der Waals surface area contributed by atoms with E-state index < -0.39 is 17.4 Å². The quantitative estimate of drug-likeness (QED) is 0.730. The zero-order chi connectivity index (χ0) is 13.6. The molecular formula is C12H7F3N2OS. The van der Waals surface area contributed by atoms with Gasteiger partial charge in [0.15, 0.2) is 0 Å². The molecule has 1 aromatic carbocycles. The molecular weight excluding hydrogens is 277 g/mol. The van der Waals surface area contributed by atoms with Crippen molar-refractivity contribution >= 4 is 22.4 Å². The molecule has 7 heteroatoms. The summed E-state index contributed by atoms with van der Waals surface area (Å²) >= 11 is 1.20. The maximum absolute atomic E-state index is 13.0. The number of H-pyrrole nitrogens is 1. The summed E-state index contributed by atoms with van der Waals surface area (Å²) in [6.45, 7) is 0. The first-order valence-corrected chi connectivity index (χ1v) is 6.21. The molecule has 3 aromatic rings. The highest BCUT2D eigenvalue weighted by Gasteiger charge is 2.34. The van der Waals surface area contributed by atoms with Crippen molar-refractivity contribution in [2.24, 2.45) is 0 Å². The molecule has 0 saturated heterocycles. The second-order valence-corrected chi connectivity index (χ2v) is 4.84. The average molecular weight is 284 g/mol. The Labute approximate surface area is 108 Å². The van der Waals surface area contributed by atoms with Gasteiger partial charge in [-0.3, -0.25) is 4.57 Å². The van der Waals surface area contributed by atoms with E-state index in [0.29, 0.717) is 5.00 Å². The summed E-state index contributed by atoms with van der Waals surface area (Å²) in [4.78, 5) is 14.3. The van der Waals surface area contributed by atoms with Crippen LogP contribution >= 0.6 is 11.3 Å². The number of benzene rings is 1. The maximum atomic E-state index is 13.0. The minimum atomic E-state index is -4.51. The number of thiophene rings is 1. The fraction of sp³-hybridized carbons (Fsp3) is 0.0833. The van der Waals surface area contributed by atoms with Crippen molar-refractivity contribution in [3.63, 3.8) is 0 Å². The molecule has 0 bridgehead atoms. The summed E-state index contributed by atoms with van der Waals surface area (Å²) in [5.74, 6) is 0. The Hall–Kier alpha value is -2.02. The molecule has 0 saturated carbocycles. The molecule has 0 spiro atoms. The third-order valence-electron chi connectivity index (χ3n) is 2.74. The van der Waals surface area contributed by atoms with Crippen LogP contribution in [-0.2, 0) is 6.18 Å². The van der Waals surface area contributed by atoms with Gasteiger partial charge in [0.1, 0.15) is 5.00 Å². The molecule has 3 rings (SSSR count). The van der Waals surface area contributed by atoms with Crippen LogP contribution < -0.4 is 5.69 Å². The predicted octanol–water partition coefficient (Wildman–Crippen LogP) is 3.40.